The first-order valence-electron chi connectivity index (χ1n) is 8.82. The fourth-order valence-corrected chi connectivity index (χ4v) is 3.18. The van der Waals surface area contributed by atoms with E-state index in [9.17, 15) is 9.59 Å². The van der Waals surface area contributed by atoms with Crippen molar-refractivity contribution >= 4 is 17.5 Å². The van der Waals surface area contributed by atoms with Gasteiger partial charge in [0.15, 0.2) is 0 Å². The normalized spacial score (nSPS) is 16.9. The number of carbonyl (C=O) groups is 2. The van der Waals surface area contributed by atoms with Crippen LogP contribution in [0.3, 0.4) is 0 Å². The molecule has 1 aliphatic heterocycles. The Balaban J connectivity index is 1.46. The van der Waals surface area contributed by atoms with Crippen LogP contribution in [0, 0.1) is 6.92 Å². The Morgan fingerprint density at radius 1 is 1.12 bits per heavy atom. The second-order valence-electron chi connectivity index (χ2n) is 6.65. The van der Waals surface area contributed by atoms with E-state index in [4.69, 9.17) is 0 Å². The molecule has 0 saturated carbocycles. The lowest BCUT2D eigenvalue weighted by atomic mass is 10.1. The van der Waals surface area contributed by atoms with Crippen molar-refractivity contribution in [3.8, 4) is 0 Å². The summed E-state index contributed by atoms with van der Waals surface area (Å²) in [5, 5.41) is 3.01. The largest absolute Gasteiger partial charge is 0.351 e. The number of hydrogen-bond acceptors (Lipinski definition) is 2. The summed E-state index contributed by atoms with van der Waals surface area (Å²) in [6, 6.07) is 18.0. The summed E-state index contributed by atoms with van der Waals surface area (Å²) in [4.78, 5) is 26.1. The van der Waals surface area contributed by atoms with E-state index in [0.717, 1.165) is 18.5 Å². The van der Waals surface area contributed by atoms with Crippen molar-refractivity contribution in [3.05, 3.63) is 65.7 Å². The van der Waals surface area contributed by atoms with E-state index in [2.05, 4.69) is 17.4 Å². The maximum Gasteiger partial charge on any atom is 0.229 e. The molecule has 1 heterocycles. The van der Waals surface area contributed by atoms with E-state index in [1.165, 1.54) is 11.1 Å². The molecule has 0 unspecified atom stereocenters. The summed E-state index contributed by atoms with van der Waals surface area (Å²) in [6.45, 7) is 2.57. The van der Waals surface area contributed by atoms with Gasteiger partial charge in [0.1, 0.15) is 0 Å². The molecule has 4 nitrogen and oxygen atoms in total. The van der Waals surface area contributed by atoms with Gasteiger partial charge >= 0.3 is 0 Å². The molecule has 2 amide bonds. The van der Waals surface area contributed by atoms with Gasteiger partial charge in [0.25, 0.3) is 0 Å². The molecule has 0 aliphatic carbocycles. The number of carbonyl (C=O) groups excluding carboxylic acids is 2. The summed E-state index contributed by atoms with van der Waals surface area (Å²) in [6.07, 6.45) is 2.58. The third kappa shape index (κ3) is 4.69. The summed E-state index contributed by atoms with van der Waals surface area (Å²) in [5.41, 5.74) is 3.31. The highest BCUT2D eigenvalue weighted by molar-refractivity contribution is 5.96. The number of rotatable bonds is 6. The molecule has 0 radical (unpaired) electrons. The highest BCUT2D eigenvalue weighted by Crippen LogP contribution is 2.22. The first-order chi connectivity index (χ1) is 12.1. The second-order valence-corrected chi connectivity index (χ2v) is 6.65. The molecule has 0 spiro atoms. The third-order valence-electron chi connectivity index (χ3n) is 4.55. The zero-order valence-electron chi connectivity index (χ0n) is 14.6. The van der Waals surface area contributed by atoms with Crippen molar-refractivity contribution in [2.45, 2.75) is 38.6 Å². The molecule has 0 bridgehead atoms. The van der Waals surface area contributed by atoms with Crippen LogP contribution >= 0.6 is 0 Å². The molecule has 1 fully saturated rings. The predicted molar refractivity (Wildman–Crippen MR) is 99.5 cm³/mol. The molecule has 0 aromatic heterocycles. The minimum atomic E-state index is -0.0990. The summed E-state index contributed by atoms with van der Waals surface area (Å²) >= 11 is 0. The lowest BCUT2D eigenvalue weighted by Gasteiger charge is -2.17. The van der Waals surface area contributed by atoms with Gasteiger partial charge < -0.3 is 10.2 Å². The van der Waals surface area contributed by atoms with E-state index in [-0.39, 0.29) is 17.9 Å². The van der Waals surface area contributed by atoms with Crippen molar-refractivity contribution in [1.29, 1.82) is 0 Å². The highest BCUT2D eigenvalue weighted by Gasteiger charge is 2.31. The number of nitrogens with one attached hydrogen (secondary N) is 1. The molecule has 2 aromatic carbocycles. The molecular formula is C21H24N2O2. The van der Waals surface area contributed by atoms with Gasteiger partial charge in [0.05, 0.1) is 6.04 Å². The zero-order valence-corrected chi connectivity index (χ0v) is 14.6. The average Bonchev–Trinajstić information content (AvgIpc) is 2.96. The molecule has 2 aromatic rings. The highest BCUT2D eigenvalue weighted by atomic mass is 16.2. The number of benzene rings is 2. The first-order valence-corrected chi connectivity index (χ1v) is 8.82. The summed E-state index contributed by atoms with van der Waals surface area (Å²) < 4.78 is 0. The minimum absolute atomic E-state index is 0.0273. The Morgan fingerprint density at radius 2 is 1.84 bits per heavy atom. The standard InChI is InChI=1S/C21H24N2O2/c1-16-10-12-19(13-11-16)23-15-18(14-21(23)25)22-20(24)9-5-8-17-6-3-2-4-7-17/h2-4,6-7,10-13,18H,5,8-9,14-15H2,1H3,(H,22,24)/t18-/m1/s1. The summed E-state index contributed by atoms with van der Waals surface area (Å²) in [5.74, 6) is 0.0953. The van der Waals surface area contributed by atoms with Crippen LogP contribution in [0.15, 0.2) is 54.6 Å². The molecule has 130 valence electrons. The zero-order chi connectivity index (χ0) is 17.6. The monoisotopic (exact) mass is 336 g/mol. The van der Waals surface area contributed by atoms with Crippen LogP contribution in [0.2, 0.25) is 0 Å². The maximum atomic E-state index is 12.2. The van der Waals surface area contributed by atoms with E-state index < -0.39 is 0 Å². The fraction of sp³-hybridized carbons (Fsp3) is 0.333. The molecule has 1 aliphatic rings. The van der Waals surface area contributed by atoms with Crippen LogP contribution in [-0.4, -0.2) is 24.4 Å². The van der Waals surface area contributed by atoms with Gasteiger partial charge in [0, 0.05) is 25.1 Å². The number of hydrogen-bond donors (Lipinski definition) is 1. The van der Waals surface area contributed by atoms with Crippen molar-refractivity contribution in [2.75, 3.05) is 11.4 Å². The Hall–Kier alpha value is -2.62. The van der Waals surface area contributed by atoms with Gasteiger partial charge in [-0.3, -0.25) is 9.59 Å². The molecule has 1 saturated heterocycles. The number of anilines is 1. The number of nitrogens with zero attached hydrogens (tertiary/aromatic N) is 1. The Kier molecular flexibility index (Phi) is 5.49. The Morgan fingerprint density at radius 3 is 2.56 bits per heavy atom. The van der Waals surface area contributed by atoms with Gasteiger partial charge in [-0.25, -0.2) is 0 Å². The topological polar surface area (TPSA) is 49.4 Å². The number of amides is 2. The van der Waals surface area contributed by atoms with Gasteiger partial charge in [-0.15, -0.1) is 0 Å². The second kappa shape index (κ2) is 7.97. The smallest absolute Gasteiger partial charge is 0.229 e. The number of aryl methyl sites for hydroxylation is 2. The molecule has 25 heavy (non-hydrogen) atoms. The van der Waals surface area contributed by atoms with E-state index in [0.29, 0.717) is 19.4 Å². The van der Waals surface area contributed by atoms with Crippen molar-refractivity contribution < 1.29 is 9.59 Å². The third-order valence-corrected chi connectivity index (χ3v) is 4.55. The van der Waals surface area contributed by atoms with Crippen molar-refractivity contribution in [3.63, 3.8) is 0 Å². The van der Waals surface area contributed by atoms with Crippen LogP contribution < -0.4 is 10.2 Å². The fourth-order valence-electron chi connectivity index (χ4n) is 3.18. The van der Waals surface area contributed by atoms with E-state index >= 15 is 0 Å². The van der Waals surface area contributed by atoms with Crippen molar-refractivity contribution in [2.24, 2.45) is 0 Å². The molecule has 1 N–H and O–H groups in total. The van der Waals surface area contributed by atoms with Gasteiger partial charge in [-0.2, -0.15) is 0 Å². The van der Waals surface area contributed by atoms with E-state index in [1.807, 2.05) is 49.4 Å². The minimum Gasteiger partial charge on any atom is -0.351 e. The summed E-state index contributed by atoms with van der Waals surface area (Å²) in [7, 11) is 0. The lowest BCUT2D eigenvalue weighted by Crippen LogP contribution is -2.37. The van der Waals surface area contributed by atoms with Crippen LogP contribution in [0.4, 0.5) is 5.69 Å². The maximum absolute atomic E-state index is 12.2. The SMILES string of the molecule is Cc1ccc(N2C[C@H](NC(=O)CCCc3ccccc3)CC2=O)cc1. The van der Waals surface area contributed by atoms with Crippen LogP contribution in [-0.2, 0) is 16.0 Å². The Labute approximate surface area is 148 Å². The predicted octanol–water partition coefficient (Wildman–Crippen LogP) is 3.24. The molecular weight excluding hydrogens is 312 g/mol. The molecule has 3 rings (SSSR count). The van der Waals surface area contributed by atoms with Crippen LogP contribution in [0.25, 0.3) is 0 Å². The average molecular weight is 336 g/mol. The lowest BCUT2D eigenvalue weighted by molar-refractivity contribution is -0.121. The van der Waals surface area contributed by atoms with Crippen LogP contribution in [0.1, 0.15) is 30.4 Å². The first kappa shape index (κ1) is 17.2. The Bertz CT molecular complexity index is 725. The molecule has 4 heteroatoms. The van der Waals surface area contributed by atoms with Crippen molar-refractivity contribution in [1.82, 2.24) is 5.32 Å². The molecule has 1 atom stereocenters. The van der Waals surface area contributed by atoms with E-state index in [1.54, 1.807) is 4.90 Å². The van der Waals surface area contributed by atoms with Gasteiger partial charge in [-0.1, -0.05) is 48.0 Å². The van der Waals surface area contributed by atoms with Gasteiger partial charge in [-0.05, 0) is 37.5 Å². The van der Waals surface area contributed by atoms with Crippen LogP contribution in [0.5, 0.6) is 0 Å². The van der Waals surface area contributed by atoms with Gasteiger partial charge in [0.2, 0.25) is 11.8 Å². The quantitative estimate of drug-likeness (QED) is 0.880.